The molecule has 0 radical (unpaired) electrons. The van der Waals surface area contributed by atoms with Crippen LogP contribution < -0.4 is 0 Å². The molecule has 1 heterocycles. The molecule has 0 bridgehead atoms. The van der Waals surface area contributed by atoms with Crippen molar-refractivity contribution in [1.82, 2.24) is 15.0 Å². The van der Waals surface area contributed by atoms with Crippen molar-refractivity contribution in [2.75, 3.05) is 19.7 Å². The number of aromatic nitrogens is 2. The topological polar surface area (TPSA) is 68.5 Å². The Hall–Kier alpha value is -1.69. The van der Waals surface area contributed by atoms with E-state index >= 15 is 0 Å². The van der Waals surface area contributed by atoms with Crippen molar-refractivity contribution in [3.05, 3.63) is 24.4 Å². The normalized spacial score (nSPS) is 14.6. The van der Waals surface area contributed by atoms with E-state index in [2.05, 4.69) is 16.7 Å². The molecule has 1 aromatic rings. The molecule has 1 fully saturated rings. The van der Waals surface area contributed by atoms with Crippen LogP contribution in [0.1, 0.15) is 37.4 Å². The lowest BCUT2D eigenvalue weighted by Gasteiger charge is -2.16. The van der Waals surface area contributed by atoms with Crippen molar-refractivity contribution in [3.63, 3.8) is 0 Å². The molecule has 1 aliphatic carbocycles. The van der Waals surface area contributed by atoms with Gasteiger partial charge in [-0.1, -0.05) is 11.2 Å². The number of hydrogen-bond donors (Lipinski definition) is 0. The van der Waals surface area contributed by atoms with E-state index in [0.29, 0.717) is 31.5 Å². The summed E-state index contributed by atoms with van der Waals surface area (Å²) >= 11 is 0. The number of carbonyl (C=O) groups is 1. The quantitative estimate of drug-likeness (QED) is 0.524. The van der Waals surface area contributed by atoms with Gasteiger partial charge in [-0.15, -0.1) is 6.58 Å². The van der Waals surface area contributed by atoms with Gasteiger partial charge < -0.3 is 9.26 Å². The maximum Gasteiger partial charge on any atom is 0.320 e. The van der Waals surface area contributed by atoms with Crippen molar-refractivity contribution < 1.29 is 14.1 Å². The zero-order valence-electron chi connectivity index (χ0n) is 11.2. The molecule has 104 valence electrons. The minimum Gasteiger partial charge on any atom is -0.465 e. The number of hydrogen-bond acceptors (Lipinski definition) is 6. The van der Waals surface area contributed by atoms with Gasteiger partial charge in [0.05, 0.1) is 19.7 Å². The van der Waals surface area contributed by atoms with E-state index in [1.165, 1.54) is 0 Å². The molecular formula is C13H19N3O3. The minimum atomic E-state index is -0.258. The Morgan fingerprint density at radius 2 is 2.42 bits per heavy atom. The molecular weight excluding hydrogens is 246 g/mol. The van der Waals surface area contributed by atoms with Crippen molar-refractivity contribution >= 4 is 5.97 Å². The Balaban J connectivity index is 1.90. The maximum atomic E-state index is 11.5. The molecule has 0 N–H and O–H groups in total. The molecule has 1 aromatic heterocycles. The summed E-state index contributed by atoms with van der Waals surface area (Å²) < 4.78 is 10.1. The van der Waals surface area contributed by atoms with Crippen molar-refractivity contribution in [1.29, 1.82) is 0 Å². The third kappa shape index (κ3) is 4.17. The number of esters is 1. The standard InChI is InChI=1S/C13H19N3O3/c1-3-7-16(9-12(17)18-4-2)8-11-14-13(15-19-11)10-5-6-10/h3,10H,1,4-9H2,2H3. The monoisotopic (exact) mass is 265 g/mol. The SMILES string of the molecule is C=CCN(CC(=O)OCC)Cc1nc(C2CC2)no1. The summed E-state index contributed by atoms with van der Waals surface area (Å²) in [6.45, 7) is 7.05. The van der Waals surface area contributed by atoms with E-state index in [9.17, 15) is 4.79 Å². The second-order valence-electron chi connectivity index (χ2n) is 4.58. The van der Waals surface area contributed by atoms with Crippen LogP contribution in [0, 0.1) is 0 Å². The molecule has 1 saturated carbocycles. The molecule has 0 aromatic carbocycles. The van der Waals surface area contributed by atoms with Crippen LogP contribution in [0.15, 0.2) is 17.2 Å². The van der Waals surface area contributed by atoms with E-state index in [1.807, 2.05) is 4.90 Å². The minimum absolute atomic E-state index is 0.195. The molecule has 0 aliphatic heterocycles. The van der Waals surface area contributed by atoms with Crippen molar-refractivity contribution in [2.45, 2.75) is 32.2 Å². The number of carbonyl (C=O) groups excluding carboxylic acids is 1. The molecule has 6 nitrogen and oxygen atoms in total. The third-order valence-corrected chi connectivity index (χ3v) is 2.83. The predicted molar refractivity (Wildman–Crippen MR) is 68.4 cm³/mol. The Morgan fingerprint density at radius 1 is 1.63 bits per heavy atom. The average Bonchev–Trinajstić information content (AvgIpc) is 3.11. The summed E-state index contributed by atoms with van der Waals surface area (Å²) in [6.07, 6.45) is 4.01. The number of nitrogens with zero attached hydrogens (tertiary/aromatic N) is 3. The molecule has 0 amide bonds. The molecule has 0 atom stereocenters. The van der Waals surface area contributed by atoms with Crippen LogP contribution >= 0.6 is 0 Å². The average molecular weight is 265 g/mol. The summed E-state index contributed by atoms with van der Waals surface area (Å²) in [5, 5.41) is 3.95. The highest BCUT2D eigenvalue weighted by atomic mass is 16.5. The second kappa shape index (κ2) is 6.47. The fraction of sp³-hybridized carbons (Fsp3) is 0.615. The Labute approximate surface area is 112 Å². The lowest BCUT2D eigenvalue weighted by atomic mass is 10.4. The Kier molecular flexibility index (Phi) is 4.68. The maximum absolute atomic E-state index is 11.5. The lowest BCUT2D eigenvalue weighted by molar-refractivity contribution is -0.144. The Morgan fingerprint density at radius 3 is 3.05 bits per heavy atom. The van der Waals surface area contributed by atoms with Gasteiger partial charge >= 0.3 is 5.97 Å². The summed E-state index contributed by atoms with van der Waals surface area (Å²) in [6, 6.07) is 0. The second-order valence-corrected chi connectivity index (χ2v) is 4.58. The van der Waals surface area contributed by atoms with Gasteiger partial charge in [0.2, 0.25) is 5.89 Å². The summed E-state index contributed by atoms with van der Waals surface area (Å²) in [5.74, 6) is 1.53. The highest BCUT2D eigenvalue weighted by Gasteiger charge is 2.29. The molecule has 2 rings (SSSR count). The first-order chi connectivity index (χ1) is 9.22. The molecule has 1 aliphatic rings. The van der Waals surface area contributed by atoms with Gasteiger partial charge in [0.15, 0.2) is 5.82 Å². The van der Waals surface area contributed by atoms with Crippen LogP contribution in [0.3, 0.4) is 0 Å². The zero-order valence-corrected chi connectivity index (χ0v) is 11.2. The first-order valence-corrected chi connectivity index (χ1v) is 6.54. The summed E-state index contributed by atoms with van der Waals surface area (Å²) in [7, 11) is 0. The highest BCUT2D eigenvalue weighted by Crippen LogP contribution is 2.38. The van der Waals surface area contributed by atoms with Gasteiger partial charge in [0.25, 0.3) is 0 Å². The molecule has 0 saturated heterocycles. The van der Waals surface area contributed by atoms with Gasteiger partial charge in [0, 0.05) is 12.5 Å². The van der Waals surface area contributed by atoms with Gasteiger partial charge in [-0.05, 0) is 19.8 Å². The van der Waals surface area contributed by atoms with Crippen LogP contribution in [-0.2, 0) is 16.1 Å². The van der Waals surface area contributed by atoms with Crippen molar-refractivity contribution in [3.8, 4) is 0 Å². The van der Waals surface area contributed by atoms with E-state index in [1.54, 1.807) is 13.0 Å². The van der Waals surface area contributed by atoms with Gasteiger partial charge in [-0.2, -0.15) is 4.98 Å². The lowest BCUT2D eigenvalue weighted by Crippen LogP contribution is -2.31. The fourth-order valence-corrected chi connectivity index (χ4v) is 1.79. The van der Waals surface area contributed by atoms with Crippen molar-refractivity contribution in [2.24, 2.45) is 0 Å². The van der Waals surface area contributed by atoms with E-state index in [4.69, 9.17) is 9.26 Å². The first kappa shape index (κ1) is 13.7. The third-order valence-electron chi connectivity index (χ3n) is 2.83. The zero-order chi connectivity index (χ0) is 13.7. The van der Waals surface area contributed by atoms with Crippen LogP contribution in [0.4, 0.5) is 0 Å². The van der Waals surface area contributed by atoms with E-state index < -0.39 is 0 Å². The largest absolute Gasteiger partial charge is 0.465 e. The molecule has 19 heavy (non-hydrogen) atoms. The smallest absolute Gasteiger partial charge is 0.320 e. The molecule has 0 spiro atoms. The van der Waals surface area contributed by atoms with Crippen LogP contribution in [0.2, 0.25) is 0 Å². The first-order valence-electron chi connectivity index (χ1n) is 6.54. The van der Waals surface area contributed by atoms with Gasteiger partial charge in [0.1, 0.15) is 0 Å². The number of ether oxygens (including phenoxy) is 1. The van der Waals surface area contributed by atoms with Crippen LogP contribution in [0.25, 0.3) is 0 Å². The predicted octanol–water partition coefficient (Wildman–Crippen LogP) is 1.50. The van der Waals surface area contributed by atoms with E-state index in [-0.39, 0.29) is 12.5 Å². The Bertz CT molecular complexity index is 440. The molecule has 0 unspecified atom stereocenters. The highest BCUT2D eigenvalue weighted by molar-refractivity contribution is 5.71. The van der Waals surface area contributed by atoms with E-state index in [0.717, 1.165) is 18.7 Å². The number of rotatable bonds is 8. The van der Waals surface area contributed by atoms with Gasteiger partial charge in [-0.25, -0.2) is 0 Å². The molecule has 6 heteroatoms. The summed E-state index contributed by atoms with van der Waals surface area (Å²) in [5.41, 5.74) is 0. The van der Waals surface area contributed by atoms with Crippen LogP contribution in [0.5, 0.6) is 0 Å². The summed E-state index contributed by atoms with van der Waals surface area (Å²) in [4.78, 5) is 17.7. The fourth-order valence-electron chi connectivity index (χ4n) is 1.79. The van der Waals surface area contributed by atoms with Crippen LogP contribution in [-0.4, -0.2) is 40.7 Å². The van der Waals surface area contributed by atoms with Gasteiger partial charge in [-0.3, -0.25) is 9.69 Å².